The molecular weight excluding hydrogens is 420 g/mol. The molecule has 2 aromatic heterocycles. The Balaban J connectivity index is 1.62. The molecule has 7 nitrogen and oxygen atoms in total. The number of nitrogens with one attached hydrogen (secondary N) is 2. The quantitative estimate of drug-likeness (QED) is 0.434. The highest BCUT2D eigenvalue weighted by Crippen LogP contribution is 2.12. The lowest BCUT2D eigenvalue weighted by Gasteiger charge is -2.10. The zero-order valence-corrected chi connectivity index (χ0v) is 19.9. The molecule has 0 saturated carbocycles. The first-order chi connectivity index (χ1) is 15.4. The maximum Gasteiger partial charge on any atom is 0.222 e. The summed E-state index contributed by atoms with van der Waals surface area (Å²) >= 11 is 0. The molecule has 1 aromatic carbocycles. The van der Waals surface area contributed by atoms with E-state index in [0.717, 1.165) is 54.0 Å². The number of rotatable bonds is 11. The number of aromatic nitrogens is 4. The molecule has 8 heteroatoms. The van der Waals surface area contributed by atoms with Gasteiger partial charge >= 0.3 is 0 Å². The molecule has 2 N–H and O–H groups in total. The van der Waals surface area contributed by atoms with Gasteiger partial charge in [0.15, 0.2) is 0 Å². The maximum absolute atomic E-state index is 12.1. The molecule has 0 saturated heterocycles. The van der Waals surface area contributed by atoms with Crippen LogP contribution in [0.1, 0.15) is 47.8 Å². The average molecular weight is 453 g/mol. The molecule has 0 aliphatic carbocycles. The van der Waals surface area contributed by atoms with Crippen molar-refractivity contribution in [3.8, 4) is 0 Å². The van der Waals surface area contributed by atoms with Crippen LogP contribution in [0.2, 0.25) is 0 Å². The molecule has 170 valence electrons. The lowest BCUT2D eigenvalue weighted by molar-refractivity contribution is 0.675. The van der Waals surface area contributed by atoms with Crippen molar-refractivity contribution in [2.24, 2.45) is 0 Å². The van der Waals surface area contributed by atoms with Gasteiger partial charge in [0.2, 0.25) is 5.95 Å². The minimum atomic E-state index is -2.26. The predicted octanol–water partition coefficient (Wildman–Crippen LogP) is 3.14. The van der Waals surface area contributed by atoms with Crippen LogP contribution < -0.4 is 10.0 Å². The van der Waals surface area contributed by atoms with Crippen LogP contribution in [0.15, 0.2) is 42.7 Å². The van der Waals surface area contributed by atoms with Crippen LogP contribution in [0.3, 0.4) is 0 Å². The molecule has 3 aromatic rings. The molecule has 0 aliphatic rings. The third-order valence-electron chi connectivity index (χ3n) is 5.20. The normalized spacial score (nSPS) is 13.0. The molecule has 3 rings (SSSR count). The summed E-state index contributed by atoms with van der Waals surface area (Å²) in [5.74, 6) is 5.61. The van der Waals surface area contributed by atoms with Crippen molar-refractivity contribution in [2.45, 2.75) is 51.8 Å². The van der Waals surface area contributed by atoms with E-state index in [1.54, 1.807) is 7.05 Å². The van der Waals surface area contributed by atoms with Crippen LogP contribution in [-0.2, 0) is 47.7 Å². The van der Waals surface area contributed by atoms with Crippen molar-refractivity contribution >= 4 is 21.5 Å². The van der Waals surface area contributed by atoms with Gasteiger partial charge in [-0.2, -0.15) is 0 Å². The Labute approximate surface area is 191 Å². The highest BCUT2D eigenvalue weighted by atomic mass is 32.2. The molecule has 1 atom stereocenters. The Bertz CT molecular complexity index is 1110. The van der Waals surface area contributed by atoms with Gasteiger partial charge < -0.3 is 5.32 Å². The van der Waals surface area contributed by atoms with Crippen molar-refractivity contribution in [1.82, 2.24) is 24.7 Å². The fourth-order valence-electron chi connectivity index (χ4n) is 3.20. The summed E-state index contributed by atoms with van der Waals surface area (Å²) in [6.07, 6.45) is 7.10. The molecule has 32 heavy (non-hydrogen) atoms. The molecule has 1 unspecified atom stereocenters. The molecule has 2 heterocycles. The summed E-state index contributed by atoms with van der Waals surface area (Å²) in [6, 6.07) is 10.3. The van der Waals surface area contributed by atoms with E-state index in [-0.39, 0.29) is 0 Å². The van der Waals surface area contributed by atoms with Crippen molar-refractivity contribution < 1.29 is 4.21 Å². The SMILES string of the molecule is C=S(=O)(Cc1ccc(CCc2cc(CNc3ncc(CC)cn3)nc(CC)n2)cc1)NC. The van der Waals surface area contributed by atoms with Crippen molar-refractivity contribution in [1.29, 1.82) is 0 Å². The van der Waals surface area contributed by atoms with Crippen LogP contribution in [0.25, 0.3) is 0 Å². The van der Waals surface area contributed by atoms with Gasteiger partial charge in [0.05, 0.1) is 18.0 Å². The molecular formula is C24H32N6OS. The number of benzene rings is 1. The van der Waals surface area contributed by atoms with Gasteiger partial charge in [0.1, 0.15) is 5.82 Å². The Kier molecular flexibility index (Phi) is 8.30. The molecule has 0 spiro atoms. The number of hydrogen-bond acceptors (Lipinski definition) is 6. The van der Waals surface area contributed by atoms with Gasteiger partial charge in [-0.25, -0.2) is 24.7 Å². The summed E-state index contributed by atoms with van der Waals surface area (Å²) in [6.45, 7) is 4.70. The summed E-state index contributed by atoms with van der Waals surface area (Å²) in [5.41, 5.74) is 5.30. The largest absolute Gasteiger partial charge is 0.349 e. The van der Waals surface area contributed by atoms with Gasteiger partial charge in [-0.1, -0.05) is 38.1 Å². The van der Waals surface area contributed by atoms with E-state index in [1.165, 1.54) is 5.56 Å². The van der Waals surface area contributed by atoms with E-state index in [9.17, 15) is 4.21 Å². The van der Waals surface area contributed by atoms with Gasteiger partial charge in [-0.05, 0) is 54.9 Å². The van der Waals surface area contributed by atoms with E-state index < -0.39 is 9.71 Å². The zero-order valence-electron chi connectivity index (χ0n) is 19.1. The first-order valence-corrected chi connectivity index (χ1v) is 12.8. The Hall–Kier alpha value is -2.84. The second-order valence-corrected chi connectivity index (χ2v) is 10.0. The standard InChI is InChI=1S/C24H32N6OS/c1-5-18-14-26-24(27-15-18)28-16-22-13-21(29-23(6-2)30-22)12-11-19-7-9-20(10-8-19)17-32(4,31)25-3/h7-10,13-15H,4-6,11-12,16-17H2,1-3H3,(H,25,31)(H,26,27,28). The van der Waals surface area contributed by atoms with Crippen molar-refractivity contribution in [3.05, 3.63) is 76.6 Å². The van der Waals surface area contributed by atoms with Gasteiger partial charge in [-0.15, -0.1) is 0 Å². The first-order valence-electron chi connectivity index (χ1n) is 10.9. The van der Waals surface area contributed by atoms with E-state index in [1.807, 2.05) is 30.6 Å². The monoisotopic (exact) mass is 452 g/mol. The van der Waals surface area contributed by atoms with Crippen molar-refractivity contribution in [2.75, 3.05) is 12.4 Å². The van der Waals surface area contributed by atoms with Crippen LogP contribution in [0.4, 0.5) is 5.95 Å². The number of hydrogen-bond donors (Lipinski definition) is 2. The third-order valence-corrected chi connectivity index (χ3v) is 6.74. The molecule has 0 radical (unpaired) electrons. The molecule has 0 aliphatic heterocycles. The highest BCUT2D eigenvalue weighted by molar-refractivity contribution is 7.97. The van der Waals surface area contributed by atoms with E-state index in [4.69, 9.17) is 4.98 Å². The van der Waals surface area contributed by atoms with Crippen LogP contribution in [0, 0.1) is 0 Å². The molecule has 0 fully saturated rings. The average Bonchev–Trinajstić information content (AvgIpc) is 2.82. The minimum Gasteiger partial charge on any atom is -0.349 e. The van der Waals surface area contributed by atoms with Crippen molar-refractivity contribution in [3.63, 3.8) is 0 Å². The summed E-state index contributed by atoms with van der Waals surface area (Å²) < 4.78 is 14.9. The van der Waals surface area contributed by atoms with E-state index >= 15 is 0 Å². The fraction of sp³-hybridized carbons (Fsp3) is 0.375. The predicted molar refractivity (Wildman–Crippen MR) is 132 cm³/mol. The third kappa shape index (κ3) is 7.10. The minimum absolute atomic E-state index is 0.427. The van der Waals surface area contributed by atoms with Gasteiger partial charge in [0.25, 0.3) is 0 Å². The Morgan fingerprint density at radius 2 is 1.56 bits per heavy atom. The second-order valence-electron chi connectivity index (χ2n) is 7.72. The number of anilines is 1. The van der Waals surface area contributed by atoms with Crippen LogP contribution in [-0.4, -0.2) is 37.1 Å². The summed E-state index contributed by atoms with van der Waals surface area (Å²) in [7, 11) is -0.589. The number of nitrogens with zero attached hydrogens (tertiary/aromatic N) is 4. The first kappa shape index (κ1) is 23.8. The summed E-state index contributed by atoms with van der Waals surface area (Å²) in [5, 5.41) is 3.25. The second kappa shape index (κ2) is 11.2. The lowest BCUT2D eigenvalue weighted by atomic mass is 10.1. The maximum atomic E-state index is 12.1. The van der Waals surface area contributed by atoms with Gasteiger partial charge in [-0.3, -0.25) is 4.21 Å². The van der Waals surface area contributed by atoms with E-state index in [2.05, 4.69) is 56.8 Å². The topological polar surface area (TPSA) is 92.7 Å². The summed E-state index contributed by atoms with van der Waals surface area (Å²) in [4.78, 5) is 18.0. The lowest BCUT2D eigenvalue weighted by Crippen LogP contribution is -2.20. The molecule has 0 bridgehead atoms. The van der Waals surface area contributed by atoms with Crippen LogP contribution >= 0.6 is 0 Å². The number of aryl methyl sites for hydroxylation is 4. The highest BCUT2D eigenvalue weighted by Gasteiger charge is 2.07. The van der Waals surface area contributed by atoms with E-state index in [0.29, 0.717) is 18.2 Å². The van der Waals surface area contributed by atoms with Crippen LogP contribution in [0.5, 0.6) is 0 Å². The Morgan fingerprint density at radius 1 is 0.906 bits per heavy atom. The Morgan fingerprint density at radius 3 is 2.19 bits per heavy atom. The fourth-order valence-corrected chi connectivity index (χ4v) is 4.08. The zero-order chi connectivity index (χ0) is 23.0. The smallest absolute Gasteiger partial charge is 0.222 e. The molecule has 0 amide bonds. The van der Waals surface area contributed by atoms with Gasteiger partial charge in [0, 0.05) is 34.2 Å².